The number of rotatable bonds is 13. The van der Waals surface area contributed by atoms with Crippen LogP contribution in [-0.4, -0.2) is 23.4 Å². The van der Waals surface area contributed by atoms with Gasteiger partial charge >= 0.3 is 0 Å². The Labute approximate surface area is 114 Å². The predicted molar refractivity (Wildman–Crippen MR) is 78.7 cm³/mol. The fourth-order valence-corrected chi connectivity index (χ4v) is 2.99. The van der Waals surface area contributed by atoms with Crippen LogP contribution in [0.5, 0.6) is 0 Å². The lowest BCUT2D eigenvalue weighted by atomic mass is 9.76. The molecular weight excluding hydrogens is 224 g/mol. The Bertz CT molecular complexity index is 162. The van der Waals surface area contributed by atoms with E-state index in [4.69, 9.17) is 5.11 Å². The highest BCUT2D eigenvalue weighted by atomic mass is 16.3. The molecule has 0 radical (unpaired) electrons. The number of hydrogen-bond acceptors (Lipinski definition) is 2. The third kappa shape index (κ3) is 8.10. The second-order valence-electron chi connectivity index (χ2n) is 5.75. The smallest absolute Gasteiger partial charge is 0.0487 e. The van der Waals surface area contributed by atoms with Crippen molar-refractivity contribution in [1.82, 2.24) is 0 Å². The van der Waals surface area contributed by atoms with Gasteiger partial charge in [-0.1, -0.05) is 58.8 Å². The molecule has 0 aromatic heterocycles. The van der Waals surface area contributed by atoms with Gasteiger partial charge in [0.2, 0.25) is 0 Å². The van der Waals surface area contributed by atoms with E-state index in [0.717, 1.165) is 12.8 Å². The lowest BCUT2D eigenvalue weighted by Crippen LogP contribution is -2.25. The zero-order valence-corrected chi connectivity index (χ0v) is 12.6. The van der Waals surface area contributed by atoms with Crippen LogP contribution in [0.2, 0.25) is 0 Å². The summed E-state index contributed by atoms with van der Waals surface area (Å²) < 4.78 is 0. The first-order valence-electron chi connectivity index (χ1n) is 7.96. The molecule has 0 saturated carbocycles. The van der Waals surface area contributed by atoms with Gasteiger partial charge in [0.05, 0.1) is 0 Å². The van der Waals surface area contributed by atoms with E-state index in [0.29, 0.717) is 13.2 Å². The molecule has 2 nitrogen and oxygen atoms in total. The molecule has 18 heavy (non-hydrogen) atoms. The van der Waals surface area contributed by atoms with Crippen LogP contribution >= 0.6 is 0 Å². The molecule has 0 aliphatic carbocycles. The number of aliphatic hydroxyl groups is 2. The maximum atomic E-state index is 9.68. The van der Waals surface area contributed by atoms with E-state index in [1.54, 1.807) is 0 Å². The summed E-state index contributed by atoms with van der Waals surface area (Å²) in [6.45, 7) is 5.13. The molecule has 0 heterocycles. The Morgan fingerprint density at radius 1 is 0.667 bits per heavy atom. The summed E-state index contributed by atoms with van der Waals surface area (Å²) in [7, 11) is 0. The lowest BCUT2D eigenvalue weighted by molar-refractivity contribution is 0.0901. The van der Waals surface area contributed by atoms with Crippen LogP contribution in [0, 0.1) is 5.41 Å². The molecule has 0 amide bonds. The molecule has 0 rings (SSSR count). The van der Waals surface area contributed by atoms with Crippen LogP contribution in [0.25, 0.3) is 0 Å². The Morgan fingerprint density at radius 2 is 1.17 bits per heavy atom. The molecule has 2 heteroatoms. The van der Waals surface area contributed by atoms with Crippen molar-refractivity contribution < 1.29 is 10.2 Å². The van der Waals surface area contributed by atoms with Crippen molar-refractivity contribution in [3.8, 4) is 0 Å². The molecular formula is C16H34O2. The Kier molecular flexibility index (Phi) is 11.9. The van der Waals surface area contributed by atoms with Gasteiger partial charge in [-0.15, -0.1) is 0 Å². The van der Waals surface area contributed by atoms with Crippen molar-refractivity contribution in [2.75, 3.05) is 13.2 Å². The van der Waals surface area contributed by atoms with Crippen LogP contribution in [-0.2, 0) is 0 Å². The lowest BCUT2D eigenvalue weighted by Gasteiger charge is -2.31. The van der Waals surface area contributed by atoms with E-state index < -0.39 is 0 Å². The van der Waals surface area contributed by atoms with Crippen molar-refractivity contribution in [3.05, 3.63) is 0 Å². The highest BCUT2D eigenvalue weighted by Crippen LogP contribution is 2.35. The minimum Gasteiger partial charge on any atom is -0.396 e. The highest BCUT2D eigenvalue weighted by molar-refractivity contribution is 4.77. The zero-order valence-electron chi connectivity index (χ0n) is 12.6. The van der Waals surface area contributed by atoms with Crippen molar-refractivity contribution in [2.45, 2.75) is 84.5 Å². The quantitative estimate of drug-likeness (QED) is 0.484. The van der Waals surface area contributed by atoms with Crippen molar-refractivity contribution in [3.63, 3.8) is 0 Å². The van der Waals surface area contributed by atoms with E-state index >= 15 is 0 Å². The van der Waals surface area contributed by atoms with Crippen LogP contribution < -0.4 is 0 Å². The van der Waals surface area contributed by atoms with E-state index in [2.05, 4.69) is 13.8 Å². The van der Waals surface area contributed by atoms with E-state index in [1.807, 2.05) is 0 Å². The maximum absolute atomic E-state index is 9.68. The van der Waals surface area contributed by atoms with Crippen LogP contribution in [0.1, 0.15) is 84.5 Å². The third-order valence-electron chi connectivity index (χ3n) is 4.01. The zero-order chi connectivity index (χ0) is 13.7. The van der Waals surface area contributed by atoms with Gasteiger partial charge in [0, 0.05) is 13.2 Å². The summed E-state index contributed by atoms with van der Waals surface area (Å²) >= 11 is 0. The molecule has 0 aromatic carbocycles. The van der Waals surface area contributed by atoms with Crippen molar-refractivity contribution >= 4 is 0 Å². The largest absolute Gasteiger partial charge is 0.396 e. The minimum atomic E-state index is 0.203. The maximum Gasteiger partial charge on any atom is 0.0487 e. The molecule has 0 bridgehead atoms. The molecule has 0 unspecified atom stereocenters. The fraction of sp³-hybridized carbons (Fsp3) is 1.00. The molecule has 0 fully saturated rings. The summed E-state index contributed by atoms with van der Waals surface area (Å²) in [5.74, 6) is 0. The summed E-state index contributed by atoms with van der Waals surface area (Å²) in [5.41, 5.74) is 0.203. The molecule has 2 N–H and O–H groups in total. The molecule has 110 valence electrons. The van der Waals surface area contributed by atoms with Gasteiger partial charge in [-0.25, -0.2) is 0 Å². The van der Waals surface area contributed by atoms with Crippen LogP contribution in [0.3, 0.4) is 0 Å². The number of hydrogen-bond donors (Lipinski definition) is 2. The van der Waals surface area contributed by atoms with E-state index in [1.165, 1.54) is 57.8 Å². The monoisotopic (exact) mass is 258 g/mol. The van der Waals surface area contributed by atoms with Gasteiger partial charge in [-0.3, -0.25) is 0 Å². The average molecular weight is 258 g/mol. The number of unbranched alkanes of at least 4 members (excludes halogenated alkanes) is 5. The number of aliphatic hydroxyl groups excluding tert-OH is 2. The molecule has 0 aromatic rings. The Balaban J connectivity index is 3.75. The Morgan fingerprint density at radius 3 is 1.61 bits per heavy atom. The van der Waals surface area contributed by atoms with E-state index in [-0.39, 0.29) is 5.41 Å². The topological polar surface area (TPSA) is 40.5 Å². The molecule has 0 spiro atoms. The van der Waals surface area contributed by atoms with Crippen LogP contribution in [0.15, 0.2) is 0 Å². The normalized spacial score (nSPS) is 12.0. The minimum absolute atomic E-state index is 0.203. The first-order valence-corrected chi connectivity index (χ1v) is 7.96. The average Bonchev–Trinajstić information content (AvgIpc) is 2.38. The van der Waals surface area contributed by atoms with Gasteiger partial charge in [-0.05, 0) is 31.1 Å². The SMILES string of the molecule is CCCC(CO)(CCC)CCCCCCCCO. The van der Waals surface area contributed by atoms with Crippen molar-refractivity contribution in [2.24, 2.45) is 5.41 Å². The van der Waals surface area contributed by atoms with Crippen LogP contribution in [0.4, 0.5) is 0 Å². The first-order chi connectivity index (χ1) is 8.74. The van der Waals surface area contributed by atoms with E-state index in [9.17, 15) is 5.11 Å². The predicted octanol–water partition coefficient (Wildman–Crippen LogP) is 4.29. The van der Waals surface area contributed by atoms with Gasteiger partial charge in [0.1, 0.15) is 0 Å². The molecule has 0 saturated heterocycles. The molecule has 0 atom stereocenters. The third-order valence-corrected chi connectivity index (χ3v) is 4.01. The van der Waals surface area contributed by atoms with Gasteiger partial charge in [-0.2, -0.15) is 0 Å². The standard InChI is InChI=1S/C16H34O2/c1-3-11-16(15-18,12-4-2)13-9-7-5-6-8-10-14-17/h17-18H,3-15H2,1-2H3. The van der Waals surface area contributed by atoms with Gasteiger partial charge in [0.25, 0.3) is 0 Å². The summed E-state index contributed by atoms with van der Waals surface area (Å²) in [6, 6.07) is 0. The summed E-state index contributed by atoms with van der Waals surface area (Å²) in [4.78, 5) is 0. The summed E-state index contributed by atoms with van der Waals surface area (Å²) in [6.07, 6.45) is 13.0. The first kappa shape index (κ1) is 17.9. The second-order valence-corrected chi connectivity index (χ2v) is 5.75. The fourth-order valence-electron chi connectivity index (χ4n) is 2.99. The highest BCUT2D eigenvalue weighted by Gasteiger charge is 2.26. The van der Waals surface area contributed by atoms with Gasteiger partial charge < -0.3 is 10.2 Å². The van der Waals surface area contributed by atoms with Crippen molar-refractivity contribution in [1.29, 1.82) is 0 Å². The van der Waals surface area contributed by atoms with Gasteiger partial charge in [0.15, 0.2) is 0 Å². The Hall–Kier alpha value is -0.0800. The second kappa shape index (κ2) is 12.0. The molecule has 0 aliphatic heterocycles. The summed E-state index contributed by atoms with van der Waals surface area (Å²) in [5, 5.41) is 18.4. The molecule has 0 aliphatic rings.